The molecule has 1 aromatic rings. The van der Waals surface area contributed by atoms with E-state index in [1.54, 1.807) is 6.92 Å². The Labute approximate surface area is 135 Å². The number of benzene rings is 1. The van der Waals surface area contributed by atoms with Crippen LogP contribution in [-0.2, 0) is 4.79 Å². The topological polar surface area (TPSA) is 78.6 Å². The van der Waals surface area contributed by atoms with E-state index in [2.05, 4.69) is 5.32 Å². The van der Waals surface area contributed by atoms with Crippen LogP contribution in [0.25, 0.3) is 0 Å². The number of anilines is 2. The third-order valence-electron chi connectivity index (χ3n) is 2.98. The minimum atomic E-state index is -0.339. The molecule has 0 radical (unpaired) electrons. The van der Waals surface area contributed by atoms with E-state index in [-0.39, 0.29) is 12.0 Å². The van der Waals surface area contributed by atoms with E-state index in [1.807, 2.05) is 11.9 Å². The first kappa shape index (κ1) is 18.0. The highest BCUT2D eigenvalue weighted by molar-refractivity contribution is 6.40. The average molecular weight is 334 g/mol. The Morgan fingerprint density at radius 3 is 2.48 bits per heavy atom. The summed E-state index contributed by atoms with van der Waals surface area (Å²) in [6, 6.07) is 3.08. The third kappa shape index (κ3) is 6.52. The lowest BCUT2D eigenvalue weighted by Gasteiger charge is -2.17. The maximum absolute atomic E-state index is 11.9. The first-order chi connectivity index (χ1) is 9.79. The maximum Gasteiger partial charge on any atom is 0.225 e. The summed E-state index contributed by atoms with van der Waals surface area (Å²) in [5.74, 6) is -0.174. The van der Waals surface area contributed by atoms with Crippen molar-refractivity contribution in [1.82, 2.24) is 4.90 Å². The number of rotatable bonds is 7. The van der Waals surface area contributed by atoms with Crippen LogP contribution in [0.3, 0.4) is 0 Å². The van der Waals surface area contributed by atoms with Crippen LogP contribution < -0.4 is 11.1 Å². The van der Waals surface area contributed by atoms with Crippen LogP contribution in [0.5, 0.6) is 0 Å². The lowest BCUT2D eigenvalue weighted by atomic mass is 10.2. The largest absolute Gasteiger partial charge is 0.399 e. The van der Waals surface area contributed by atoms with Gasteiger partial charge in [-0.1, -0.05) is 23.2 Å². The molecule has 0 bridgehead atoms. The van der Waals surface area contributed by atoms with Crippen LogP contribution in [0, 0.1) is 0 Å². The normalized spacial score (nSPS) is 12.5. The summed E-state index contributed by atoms with van der Waals surface area (Å²) >= 11 is 12.0. The van der Waals surface area contributed by atoms with Crippen LogP contribution in [0.4, 0.5) is 11.4 Å². The summed E-state index contributed by atoms with van der Waals surface area (Å²) in [4.78, 5) is 13.9. The lowest BCUT2D eigenvalue weighted by molar-refractivity contribution is -0.116. The number of halogens is 2. The van der Waals surface area contributed by atoms with Crippen molar-refractivity contribution in [3.63, 3.8) is 0 Å². The van der Waals surface area contributed by atoms with E-state index in [1.165, 1.54) is 12.1 Å². The van der Waals surface area contributed by atoms with Gasteiger partial charge < -0.3 is 21.1 Å². The Hall–Kier alpha value is -1.01. The average Bonchev–Trinajstić information content (AvgIpc) is 2.38. The molecular formula is C14H21Cl2N3O2. The first-order valence-electron chi connectivity index (χ1n) is 6.70. The van der Waals surface area contributed by atoms with E-state index >= 15 is 0 Å². The summed E-state index contributed by atoms with van der Waals surface area (Å²) < 4.78 is 0. The van der Waals surface area contributed by atoms with E-state index in [0.717, 1.165) is 6.54 Å². The van der Waals surface area contributed by atoms with Crippen LogP contribution in [0.15, 0.2) is 12.1 Å². The number of nitrogen functional groups attached to an aromatic ring is 1. The molecule has 1 amide bonds. The van der Waals surface area contributed by atoms with Crippen molar-refractivity contribution in [2.24, 2.45) is 0 Å². The predicted molar refractivity (Wildman–Crippen MR) is 87.9 cm³/mol. The van der Waals surface area contributed by atoms with Gasteiger partial charge in [0.1, 0.15) is 0 Å². The number of hydrogen-bond donors (Lipinski definition) is 3. The predicted octanol–water partition coefficient (Wildman–Crippen LogP) is 2.61. The third-order valence-corrected chi connectivity index (χ3v) is 3.57. The number of aliphatic hydroxyl groups excluding tert-OH is 1. The molecule has 1 aromatic carbocycles. The molecule has 21 heavy (non-hydrogen) atoms. The van der Waals surface area contributed by atoms with Crippen molar-refractivity contribution in [2.75, 3.05) is 31.2 Å². The Morgan fingerprint density at radius 2 is 1.95 bits per heavy atom. The molecule has 0 aliphatic carbocycles. The number of hydrogen-bond acceptors (Lipinski definition) is 4. The number of carbonyl (C=O) groups is 1. The monoisotopic (exact) mass is 333 g/mol. The van der Waals surface area contributed by atoms with Gasteiger partial charge in [-0.2, -0.15) is 0 Å². The summed E-state index contributed by atoms with van der Waals surface area (Å²) in [6.07, 6.45) is 0.648. The molecule has 0 aromatic heterocycles. The molecule has 0 saturated carbocycles. The molecule has 4 N–H and O–H groups in total. The van der Waals surface area contributed by atoms with E-state index in [4.69, 9.17) is 28.9 Å². The number of nitrogens with two attached hydrogens (primary N) is 1. The van der Waals surface area contributed by atoms with Gasteiger partial charge in [-0.15, -0.1) is 0 Å². The highest BCUT2D eigenvalue weighted by Crippen LogP contribution is 2.32. The van der Waals surface area contributed by atoms with Crippen LogP contribution in [-0.4, -0.2) is 42.2 Å². The molecule has 1 unspecified atom stereocenters. The smallest absolute Gasteiger partial charge is 0.225 e. The molecule has 0 fully saturated rings. The van der Waals surface area contributed by atoms with E-state index in [0.29, 0.717) is 40.8 Å². The highest BCUT2D eigenvalue weighted by Gasteiger charge is 2.12. The van der Waals surface area contributed by atoms with Crippen molar-refractivity contribution < 1.29 is 9.90 Å². The summed E-state index contributed by atoms with van der Waals surface area (Å²) in [7, 11) is 1.90. The van der Waals surface area contributed by atoms with Crippen LogP contribution in [0.1, 0.15) is 19.8 Å². The number of nitrogens with one attached hydrogen (secondary N) is 1. The first-order valence-corrected chi connectivity index (χ1v) is 7.46. The Bertz CT molecular complexity index is 472. The van der Waals surface area contributed by atoms with Crippen LogP contribution in [0.2, 0.25) is 10.0 Å². The number of aliphatic hydroxyl groups is 1. The fraction of sp³-hybridized carbons (Fsp3) is 0.500. The van der Waals surface area contributed by atoms with Gasteiger partial charge in [-0.3, -0.25) is 4.79 Å². The van der Waals surface area contributed by atoms with Crippen molar-refractivity contribution in [3.8, 4) is 0 Å². The van der Waals surface area contributed by atoms with Gasteiger partial charge in [0.15, 0.2) is 0 Å². The second-order valence-electron chi connectivity index (χ2n) is 5.10. The molecule has 7 heteroatoms. The molecule has 0 aliphatic rings. The quantitative estimate of drug-likeness (QED) is 0.670. The molecule has 0 spiro atoms. The number of nitrogens with zero attached hydrogens (tertiary/aromatic N) is 1. The molecule has 0 aliphatic heterocycles. The van der Waals surface area contributed by atoms with Crippen LogP contribution >= 0.6 is 23.2 Å². The molecule has 0 heterocycles. The molecule has 1 atom stereocenters. The Kier molecular flexibility index (Phi) is 7.25. The summed E-state index contributed by atoms with van der Waals surface area (Å²) in [5, 5.41) is 12.5. The zero-order chi connectivity index (χ0) is 16.0. The maximum atomic E-state index is 11.9. The van der Waals surface area contributed by atoms with Gasteiger partial charge in [0.2, 0.25) is 5.91 Å². The fourth-order valence-corrected chi connectivity index (χ4v) is 2.32. The Morgan fingerprint density at radius 1 is 1.38 bits per heavy atom. The molecule has 0 saturated heterocycles. The number of amides is 1. The van der Waals surface area contributed by atoms with Gasteiger partial charge in [-0.05, 0) is 32.5 Å². The minimum Gasteiger partial charge on any atom is -0.399 e. The zero-order valence-corrected chi connectivity index (χ0v) is 13.7. The second-order valence-corrected chi connectivity index (χ2v) is 5.91. The van der Waals surface area contributed by atoms with E-state index in [9.17, 15) is 9.90 Å². The SMILES string of the molecule is CC(O)CCN(C)CCC(=O)Nc1c(Cl)cc(N)cc1Cl. The summed E-state index contributed by atoms with van der Waals surface area (Å²) in [6.45, 7) is 3.06. The molecule has 118 valence electrons. The van der Waals surface area contributed by atoms with E-state index < -0.39 is 0 Å². The van der Waals surface area contributed by atoms with Gasteiger partial charge in [0.05, 0.1) is 21.8 Å². The van der Waals surface area contributed by atoms with Crippen molar-refractivity contribution >= 4 is 40.5 Å². The van der Waals surface area contributed by atoms with Crippen molar-refractivity contribution in [2.45, 2.75) is 25.9 Å². The summed E-state index contributed by atoms with van der Waals surface area (Å²) in [5.41, 5.74) is 6.43. The standard InChI is InChI=1S/C14H21Cl2N3O2/c1-9(20)3-5-19(2)6-4-13(21)18-14-11(15)7-10(17)8-12(14)16/h7-9,20H,3-6,17H2,1-2H3,(H,18,21). The minimum absolute atomic E-state index is 0.174. The van der Waals surface area contributed by atoms with Gasteiger partial charge in [0.25, 0.3) is 0 Å². The molecule has 1 rings (SSSR count). The molecule has 5 nitrogen and oxygen atoms in total. The highest BCUT2D eigenvalue weighted by atomic mass is 35.5. The molecular weight excluding hydrogens is 313 g/mol. The Balaban J connectivity index is 2.48. The fourth-order valence-electron chi connectivity index (χ4n) is 1.73. The van der Waals surface area contributed by atoms with Gasteiger partial charge in [-0.25, -0.2) is 0 Å². The second kappa shape index (κ2) is 8.44. The lowest BCUT2D eigenvalue weighted by Crippen LogP contribution is -2.27. The zero-order valence-electron chi connectivity index (χ0n) is 12.2. The van der Waals surface area contributed by atoms with Gasteiger partial charge >= 0.3 is 0 Å². The van der Waals surface area contributed by atoms with Crippen molar-refractivity contribution in [1.29, 1.82) is 0 Å². The van der Waals surface area contributed by atoms with Gasteiger partial charge in [0, 0.05) is 25.2 Å². The van der Waals surface area contributed by atoms with Crippen molar-refractivity contribution in [3.05, 3.63) is 22.2 Å². The number of carbonyl (C=O) groups excluding carboxylic acids is 1.